The molecule has 0 aromatic heterocycles. The van der Waals surface area contributed by atoms with Gasteiger partial charge in [0.05, 0.1) is 29.1 Å². The number of fused-ring (bicyclic) bond motifs is 1. The molecular weight excluding hydrogens is 634 g/mol. The Balaban J connectivity index is 2.52. The molecule has 222 valence electrons. The van der Waals surface area contributed by atoms with E-state index in [2.05, 4.69) is 19.7 Å². The fourth-order valence-corrected chi connectivity index (χ4v) is 7.15. The minimum Gasteiger partial charge on any atom is -0.506 e. The number of phenols is 1. The van der Waals surface area contributed by atoms with Crippen LogP contribution < -0.4 is 5.32 Å². The molecule has 3 aromatic rings. The van der Waals surface area contributed by atoms with Gasteiger partial charge in [0.1, 0.15) is 26.1 Å². The van der Waals surface area contributed by atoms with Crippen LogP contribution in [0.4, 0.5) is 17.1 Å². The average Bonchev–Trinajstić information content (AvgIpc) is 2.80. The fraction of sp³-hybridized carbons (Fsp3) is 0.150. The predicted molar refractivity (Wildman–Crippen MR) is 140 cm³/mol. The van der Waals surface area contributed by atoms with Gasteiger partial charge in [-0.25, -0.2) is 12.6 Å². The molecule has 0 bridgehead atoms. The van der Waals surface area contributed by atoms with Gasteiger partial charge in [-0.2, -0.15) is 30.4 Å². The molecule has 17 nitrogen and oxygen atoms in total. The largest absolute Gasteiger partial charge is 0.506 e. The summed E-state index contributed by atoms with van der Waals surface area (Å²) in [5, 5.41) is 19.4. The summed E-state index contributed by atoms with van der Waals surface area (Å²) in [7, 11) is -21.0. The molecule has 3 aromatic carbocycles. The Morgan fingerprint density at radius 2 is 1.44 bits per heavy atom. The van der Waals surface area contributed by atoms with E-state index in [0.29, 0.717) is 12.1 Å². The zero-order chi connectivity index (χ0) is 31.0. The lowest BCUT2D eigenvalue weighted by Gasteiger charge is -2.18. The van der Waals surface area contributed by atoms with Crippen LogP contribution in [-0.4, -0.2) is 70.7 Å². The van der Waals surface area contributed by atoms with E-state index in [1.807, 2.05) is 0 Å². The Labute approximate surface area is 232 Å². The molecule has 0 fully saturated rings. The van der Waals surface area contributed by atoms with Crippen LogP contribution in [0.3, 0.4) is 0 Å². The van der Waals surface area contributed by atoms with E-state index in [1.165, 1.54) is 12.1 Å². The Bertz CT molecular complexity index is 2010. The van der Waals surface area contributed by atoms with Crippen molar-refractivity contribution in [2.24, 2.45) is 10.2 Å². The molecule has 5 N–H and O–H groups in total. The standard InChI is InChI=1S/C20H19N3O14S4/c1-11(24)21-18-16-12(9-14(39(28,29)30)17(18)23-22-13-5-3-2-4-6-13)10-15(40(31,32)33)20(19(16)25)38(26,27)8-7-37-41(34,35)36/h2-6,9-10,25H,7-8H2,1H3,(H,21,24)(H,28,29,30)(H,31,32,33)(H,34,35,36). The van der Waals surface area contributed by atoms with Crippen LogP contribution in [0.5, 0.6) is 5.75 Å². The summed E-state index contributed by atoms with van der Waals surface area (Å²) in [6, 6.07) is 8.56. The summed E-state index contributed by atoms with van der Waals surface area (Å²) in [5.74, 6) is -3.75. The second-order valence-electron chi connectivity index (χ2n) is 7.98. The van der Waals surface area contributed by atoms with E-state index in [4.69, 9.17) is 4.55 Å². The van der Waals surface area contributed by atoms with Gasteiger partial charge < -0.3 is 10.4 Å². The number of azo groups is 1. The van der Waals surface area contributed by atoms with E-state index < -0.39 is 101 Å². The maximum Gasteiger partial charge on any atom is 0.397 e. The molecule has 0 heterocycles. The summed E-state index contributed by atoms with van der Waals surface area (Å²) >= 11 is 0. The van der Waals surface area contributed by atoms with Gasteiger partial charge in [-0.3, -0.25) is 18.5 Å². The highest BCUT2D eigenvalue weighted by Crippen LogP contribution is 2.48. The number of rotatable bonds is 10. The summed E-state index contributed by atoms with van der Waals surface area (Å²) in [5.41, 5.74) is -1.41. The third-order valence-corrected chi connectivity index (χ3v) is 9.11. The second kappa shape index (κ2) is 11.4. The van der Waals surface area contributed by atoms with E-state index >= 15 is 0 Å². The van der Waals surface area contributed by atoms with Crippen molar-refractivity contribution in [3.63, 3.8) is 0 Å². The summed E-state index contributed by atoms with van der Waals surface area (Å²) < 4.78 is 129. The number of phenolic OH excluding ortho intramolecular Hbond substituents is 1. The summed E-state index contributed by atoms with van der Waals surface area (Å²) in [4.78, 5) is 8.03. The average molecular weight is 654 g/mol. The maximum atomic E-state index is 13.0. The Morgan fingerprint density at radius 3 is 1.95 bits per heavy atom. The zero-order valence-corrected chi connectivity index (χ0v) is 23.6. The molecule has 21 heteroatoms. The number of nitrogens with one attached hydrogen (secondary N) is 1. The Hall–Kier alpha value is -3.57. The first kappa shape index (κ1) is 32.0. The second-order valence-corrected chi connectivity index (χ2v) is 13.9. The van der Waals surface area contributed by atoms with Crippen molar-refractivity contribution < 1.29 is 61.4 Å². The molecule has 0 saturated heterocycles. The van der Waals surface area contributed by atoms with Crippen LogP contribution in [0.25, 0.3) is 10.8 Å². The minimum absolute atomic E-state index is 0.149. The summed E-state index contributed by atoms with van der Waals surface area (Å²) in [6.45, 7) is -0.335. The third kappa shape index (κ3) is 7.59. The molecule has 0 atom stereocenters. The predicted octanol–water partition coefficient (Wildman–Crippen LogP) is 2.01. The fourth-order valence-electron chi connectivity index (χ4n) is 3.51. The van der Waals surface area contributed by atoms with Gasteiger partial charge in [0.25, 0.3) is 20.2 Å². The van der Waals surface area contributed by atoms with Gasteiger partial charge in [-0.15, -0.1) is 5.11 Å². The number of carbonyl (C=O) groups excluding carboxylic acids is 1. The van der Waals surface area contributed by atoms with Gasteiger partial charge in [-0.05, 0) is 29.7 Å². The number of anilines is 1. The molecule has 0 saturated carbocycles. The number of amides is 1. The van der Waals surface area contributed by atoms with Crippen molar-refractivity contribution >= 4 is 74.2 Å². The molecule has 3 rings (SSSR count). The highest BCUT2D eigenvalue weighted by atomic mass is 32.3. The first-order valence-corrected chi connectivity index (χ1v) is 16.5. The van der Waals surface area contributed by atoms with Crippen LogP contribution >= 0.6 is 0 Å². The number of sulfone groups is 1. The SMILES string of the molecule is CC(=O)Nc1c(N=Nc2ccccc2)c(S(=O)(=O)O)cc2cc(S(=O)(=O)O)c(S(=O)(=O)CCOS(=O)(=O)O)c(O)c12. The first-order valence-electron chi connectivity index (χ1n) is 10.6. The third-order valence-electron chi connectivity index (χ3n) is 5.03. The number of hydrogen-bond donors (Lipinski definition) is 5. The molecule has 1 amide bonds. The molecule has 0 aliphatic heterocycles. The summed E-state index contributed by atoms with van der Waals surface area (Å²) in [6.07, 6.45) is 0. The van der Waals surface area contributed by atoms with Gasteiger partial charge >= 0.3 is 10.4 Å². The highest BCUT2D eigenvalue weighted by molar-refractivity contribution is 7.93. The lowest BCUT2D eigenvalue weighted by Crippen LogP contribution is -2.18. The smallest absolute Gasteiger partial charge is 0.397 e. The van der Waals surface area contributed by atoms with Crippen LogP contribution in [0.15, 0.2) is 67.4 Å². The lowest BCUT2D eigenvalue weighted by molar-refractivity contribution is -0.114. The van der Waals surface area contributed by atoms with E-state index in [9.17, 15) is 52.7 Å². The molecule has 0 aliphatic carbocycles. The van der Waals surface area contributed by atoms with E-state index in [0.717, 1.165) is 6.92 Å². The van der Waals surface area contributed by atoms with E-state index in [1.54, 1.807) is 18.2 Å². The van der Waals surface area contributed by atoms with Crippen LogP contribution in [-0.2, 0) is 49.5 Å². The van der Waals surface area contributed by atoms with Crippen molar-refractivity contribution in [3.8, 4) is 5.75 Å². The van der Waals surface area contributed by atoms with Crippen molar-refractivity contribution in [2.45, 2.75) is 21.6 Å². The minimum atomic E-state index is -5.51. The van der Waals surface area contributed by atoms with Crippen molar-refractivity contribution in [2.75, 3.05) is 17.7 Å². The van der Waals surface area contributed by atoms with Crippen molar-refractivity contribution in [3.05, 3.63) is 42.5 Å². The molecule has 0 unspecified atom stereocenters. The van der Waals surface area contributed by atoms with E-state index in [-0.39, 0.29) is 5.69 Å². The molecular formula is C20H19N3O14S4. The molecule has 41 heavy (non-hydrogen) atoms. The molecule has 0 radical (unpaired) electrons. The zero-order valence-electron chi connectivity index (χ0n) is 20.4. The van der Waals surface area contributed by atoms with Crippen LogP contribution in [0.1, 0.15) is 6.92 Å². The highest BCUT2D eigenvalue weighted by Gasteiger charge is 2.34. The van der Waals surface area contributed by atoms with Crippen LogP contribution in [0.2, 0.25) is 0 Å². The van der Waals surface area contributed by atoms with Crippen LogP contribution in [0, 0.1) is 0 Å². The van der Waals surface area contributed by atoms with Gasteiger partial charge in [0.15, 0.2) is 9.84 Å². The lowest BCUT2D eigenvalue weighted by atomic mass is 10.1. The Kier molecular flexibility index (Phi) is 8.86. The van der Waals surface area contributed by atoms with Gasteiger partial charge in [0, 0.05) is 6.92 Å². The number of carbonyl (C=O) groups is 1. The molecule has 0 aliphatic rings. The normalized spacial score (nSPS) is 13.1. The van der Waals surface area contributed by atoms with Gasteiger partial charge in [0.2, 0.25) is 5.91 Å². The topological polar surface area (TPSA) is 281 Å². The van der Waals surface area contributed by atoms with Crippen molar-refractivity contribution in [1.29, 1.82) is 0 Å². The number of benzene rings is 3. The first-order chi connectivity index (χ1) is 18.7. The number of nitrogens with zero attached hydrogens (tertiary/aromatic N) is 2. The van der Waals surface area contributed by atoms with Gasteiger partial charge in [-0.1, -0.05) is 18.2 Å². The van der Waals surface area contributed by atoms with Crippen molar-refractivity contribution in [1.82, 2.24) is 0 Å². The molecule has 0 spiro atoms. The quantitative estimate of drug-likeness (QED) is 0.155. The number of hydrogen-bond acceptors (Lipinski definition) is 13. The Morgan fingerprint density at radius 1 is 0.878 bits per heavy atom. The monoisotopic (exact) mass is 653 g/mol. The maximum absolute atomic E-state index is 13.0. The number of aromatic hydroxyl groups is 1.